The minimum Gasteiger partial charge on any atom is -0.351 e. The van der Waals surface area contributed by atoms with Crippen molar-refractivity contribution >= 4 is 5.91 Å². The van der Waals surface area contributed by atoms with E-state index in [1.54, 1.807) is 0 Å². The third kappa shape index (κ3) is 4.88. The maximum absolute atomic E-state index is 11.5. The lowest BCUT2D eigenvalue weighted by Gasteiger charge is -2.27. The second kappa shape index (κ2) is 5.22. The Morgan fingerprint density at radius 2 is 2.08 bits per heavy atom. The lowest BCUT2D eigenvalue weighted by Crippen LogP contribution is -2.46. The lowest BCUT2D eigenvalue weighted by molar-refractivity contribution is -0.126. The van der Waals surface area contributed by atoms with Gasteiger partial charge >= 0.3 is 0 Å². The summed E-state index contributed by atoms with van der Waals surface area (Å²) < 4.78 is 0. The van der Waals surface area contributed by atoms with Crippen LogP contribution in [0.25, 0.3) is 0 Å². The van der Waals surface area contributed by atoms with Crippen molar-refractivity contribution in [2.75, 3.05) is 6.54 Å². The van der Waals surface area contributed by atoms with Crippen LogP contribution < -0.4 is 11.1 Å². The molecule has 0 spiro atoms. The average molecular weight is 186 g/mol. The first-order valence-corrected chi connectivity index (χ1v) is 4.95. The zero-order valence-electron chi connectivity index (χ0n) is 9.18. The Kier molecular flexibility index (Phi) is 4.99. The summed E-state index contributed by atoms with van der Waals surface area (Å²) in [7, 11) is 0. The summed E-state index contributed by atoms with van der Waals surface area (Å²) in [6, 6.07) is 0. The van der Waals surface area contributed by atoms with Crippen molar-refractivity contribution < 1.29 is 4.79 Å². The van der Waals surface area contributed by atoms with E-state index in [4.69, 9.17) is 5.73 Å². The van der Waals surface area contributed by atoms with Gasteiger partial charge in [-0.2, -0.15) is 0 Å². The number of hydrogen-bond donors (Lipinski definition) is 2. The number of hydrogen-bond acceptors (Lipinski definition) is 2. The molecule has 78 valence electrons. The Bertz CT molecular complexity index is 166. The zero-order valence-corrected chi connectivity index (χ0v) is 9.18. The molecule has 0 fully saturated rings. The molecule has 0 aliphatic carbocycles. The van der Waals surface area contributed by atoms with Gasteiger partial charge in [0.05, 0.1) is 0 Å². The van der Waals surface area contributed by atoms with Gasteiger partial charge in [-0.3, -0.25) is 4.79 Å². The monoisotopic (exact) mass is 186 g/mol. The molecule has 0 saturated heterocycles. The van der Waals surface area contributed by atoms with Crippen LogP contribution in [0.1, 0.15) is 40.5 Å². The molecule has 0 bridgehead atoms. The Balaban J connectivity index is 4.03. The first-order valence-electron chi connectivity index (χ1n) is 4.95. The number of carbonyl (C=O) groups is 1. The number of rotatable bonds is 5. The fourth-order valence-electron chi connectivity index (χ4n) is 1.07. The van der Waals surface area contributed by atoms with Gasteiger partial charge in [0.15, 0.2) is 0 Å². The topological polar surface area (TPSA) is 55.1 Å². The number of carbonyl (C=O) groups excluding carboxylic acids is 1. The third-order valence-electron chi connectivity index (χ3n) is 2.29. The summed E-state index contributed by atoms with van der Waals surface area (Å²) in [5.74, 6) is 0.220. The number of nitrogens with one attached hydrogen (secondary N) is 1. The van der Waals surface area contributed by atoms with Crippen LogP contribution in [0.2, 0.25) is 0 Å². The molecule has 1 atom stereocenters. The van der Waals surface area contributed by atoms with Gasteiger partial charge < -0.3 is 11.1 Å². The van der Waals surface area contributed by atoms with E-state index in [1.807, 2.05) is 27.7 Å². The highest BCUT2D eigenvalue weighted by molar-refractivity contribution is 5.78. The predicted molar refractivity (Wildman–Crippen MR) is 55.3 cm³/mol. The van der Waals surface area contributed by atoms with E-state index >= 15 is 0 Å². The summed E-state index contributed by atoms with van der Waals surface area (Å²) in [4.78, 5) is 11.5. The standard InChI is InChI=1S/C10H22N2O/c1-5-8(2)9(13)12-10(3,4)6-7-11/h8H,5-7,11H2,1-4H3,(H,12,13). The van der Waals surface area contributed by atoms with E-state index < -0.39 is 0 Å². The molecule has 0 aliphatic heterocycles. The van der Waals surface area contributed by atoms with Crippen molar-refractivity contribution in [2.24, 2.45) is 11.7 Å². The molecule has 0 aromatic carbocycles. The molecule has 0 aromatic heterocycles. The molecule has 1 unspecified atom stereocenters. The molecule has 13 heavy (non-hydrogen) atoms. The maximum atomic E-state index is 11.5. The minimum absolute atomic E-state index is 0.0945. The first kappa shape index (κ1) is 12.4. The van der Waals surface area contributed by atoms with E-state index in [1.165, 1.54) is 0 Å². The van der Waals surface area contributed by atoms with Crippen molar-refractivity contribution in [3.05, 3.63) is 0 Å². The van der Waals surface area contributed by atoms with Gasteiger partial charge in [-0.25, -0.2) is 0 Å². The lowest BCUT2D eigenvalue weighted by atomic mass is 9.98. The van der Waals surface area contributed by atoms with Crippen molar-refractivity contribution in [2.45, 2.75) is 46.1 Å². The molecule has 3 nitrogen and oxygen atoms in total. The van der Waals surface area contributed by atoms with Gasteiger partial charge in [-0.15, -0.1) is 0 Å². The van der Waals surface area contributed by atoms with Crippen molar-refractivity contribution in [3.63, 3.8) is 0 Å². The molecular formula is C10H22N2O. The van der Waals surface area contributed by atoms with E-state index in [0.717, 1.165) is 12.8 Å². The van der Waals surface area contributed by atoms with Crippen molar-refractivity contribution in [1.82, 2.24) is 5.32 Å². The van der Waals surface area contributed by atoms with Crippen LogP contribution in [0.5, 0.6) is 0 Å². The number of nitrogens with two attached hydrogens (primary N) is 1. The second-order valence-corrected chi connectivity index (χ2v) is 4.22. The summed E-state index contributed by atoms with van der Waals surface area (Å²) in [5, 5.41) is 2.99. The molecule has 0 rings (SSSR count). The van der Waals surface area contributed by atoms with Crippen LogP contribution in [-0.4, -0.2) is 18.0 Å². The van der Waals surface area contributed by atoms with E-state index in [2.05, 4.69) is 5.32 Å². The third-order valence-corrected chi connectivity index (χ3v) is 2.29. The average Bonchev–Trinajstić information content (AvgIpc) is 2.01. The maximum Gasteiger partial charge on any atom is 0.223 e. The van der Waals surface area contributed by atoms with Crippen LogP contribution >= 0.6 is 0 Å². The highest BCUT2D eigenvalue weighted by Gasteiger charge is 2.21. The molecule has 0 aliphatic rings. The highest BCUT2D eigenvalue weighted by atomic mass is 16.2. The Morgan fingerprint density at radius 3 is 2.46 bits per heavy atom. The summed E-state index contributed by atoms with van der Waals surface area (Å²) in [6.45, 7) is 8.56. The molecule has 0 heterocycles. The van der Waals surface area contributed by atoms with Crippen molar-refractivity contribution in [1.29, 1.82) is 0 Å². The normalized spacial score (nSPS) is 13.9. The summed E-state index contributed by atoms with van der Waals surface area (Å²) in [6.07, 6.45) is 1.69. The Labute approximate surface area is 81.1 Å². The molecule has 1 amide bonds. The minimum atomic E-state index is -0.171. The van der Waals surface area contributed by atoms with Gasteiger partial charge in [0.25, 0.3) is 0 Å². The first-order chi connectivity index (χ1) is 5.93. The fourth-order valence-corrected chi connectivity index (χ4v) is 1.07. The largest absolute Gasteiger partial charge is 0.351 e. The summed E-state index contributed by atoms with van der Waals surface area (Å²) >= 11 is 0. The van der Waals surface area contributed by atoms with Gasteiger partial charge in [0.1, 0.15) is 0 Å². The van der Waals surface area contributed by atoms with E-state index in [-0.39, 0.29) is 17.4 Å². The smallest absolute Gasteiger partial charge is 0.223 e. The zero-order chi connectivity index (χ0) is 10.5. The van der Waals surface area contributed by atoms with Gasteiger partial charge in [-0.1, -0.05) is 13.8 Å². The molecule has 0 aromatic rings. The molecule has 0 saturated carbocycles. The Morgan fingerprint density at radius 1 is 1.54 bits per heavy atom. The van der Waals surface area contributed by atoms with Gasteiger partial charge in [-0.05, 0) is 33.2 Å². The predicted octanol–water partition coefficient (Wildman–Crippen LogP) is 1.28. The van der Waals surface area contributed by atoms with Crippen molar-refractivity contribution in [3.8, 4) is 0 Å². The van der Waals surface area contributed by atoms with Crippen LogP contribution in [0, 0.1) is 5.92 Å². The van der Waals surface area contributed by atoms with Crippen LogP contribution in [0.3, 0.4) is 0 Å². The Hall–Kier alpha value is -0.570. The van der Waals surface area contributed by atoms with Crippen LogP contribution in [0.4, 0.5) is 0 Å². The number of amides is 1. The fraction of sp³-hybridized carbons (Fsp3) is 0.900. The second-order valence-electron chi connectivity index (χ2n) is 4.22. The van der Waals surface area contributed by atoms with Gasteiger partial charge in [0, 0.05) is 11.5 Å². The van der Waals surface area contributed by atoms with E-state index in [0.29, 0.717) is 6.54 Å². The molecule has 3 heteroatoms. The highest BCUT2D eigenvalue weighted by Crippen LogP contribution is 2.09. The van der Waals surface area contributed by atoms with Gasteiger partial charge in [0.2, 0.25) is 5.91 Å². The molecule has 0 radical (unpaired) electrons. The quantitative estimate of drug-likeness (QED) is 0.679. The molecule has 3 N–H and O–H groups in total. The molecular weight excluding hydrogens is 164 g/mol. The SMILES string of the molecule is CCC(C)C(=O)NC(C)(C)CCN. The van der Waals surface area contributed by atoms with Crippen LogP contribution in [-0.2, 0) is 4.79 Å². The van der Waals surface area contributed by atoms with E-state index in [9.17, 15) is 4.79 Å². The summed E-state index contributed by atoms with van der Waals surface area (Å²) in [5.41, 5.74) is 5.28. The van der Waals surface area contributed by atoms with Crippen LogP contribution in [0.15, 0.2) is 0 Å².